The number of aliphatic carboxylic acids is 1. The fourth-order valence-electron chi connectivity index (χ4n) is 2.68. The van der Waals surface area contributed by atoms with Gasteiger partial charge in [0.25, 0.3) is 11.6 Å². The van der Waals surface area contributed by atoms with Gasteiger partial charge in [-0.25, -0.2) is 9.78 Å². The Morgan fingerprint density at radius 1 is 1.52 bits per heavy atom. The first-order valence-electron chi connectivity index (χ1n) is 6.90. The van der Waals surface area contributed by atoms with Gasteiger partial charge >= 0.3 is 5.97 Å². The van der Waals surface area contributed by atoms with Gasteiger partial charge in [-0.05, 0) is 25.3 Å². The second kappa shape index (κ2) is 5.16. The van der Waals surface area contributed by atoms with Crippen LogP contribution in [0.4, 0.5) is 0 Å². The highest BCUT2D eigenvalue weighted by molar-refractivity contribution is 5.99. The van der Waals surface area contributed by atoms with Crippen molar-refractivity contribution < 1.29 is 19.2 Å². The summed E-state index contributed by atoms with van der Waals surface area (Å²) < 4.78 is 5.08. The largest absolute Gasteiger partial charge is 0.480 e. The van der Waals surface area contributed by atoms with Crippen molar-refractivity contribution in [2.75, 3.05) is 6.54 Å². The van der Waals surface area contributed by atoms with Crippen LogP contribution in [0.15, 0.2) is 16.8 Å². The van der Waals surface area contributed by atoms with Crippen LogP contribution in [0.1, 0.15) is 35.8 Å². The van der Waals surface area contributed by atoms with E-state index in [1.54, 1.807) is 6.07 Å². The van der Waals surface area contributed by atoms with Crippen molar-refractivity contribution >= 4 is 23.0 Å². The number of amides is 1. The Balaban J connectivity index is 1.96. The van der Waals surface area contributed by atoms with E-state index in [0.717, 1.165) is 5.69 Å². The summed E-state index contributed by atoms with van der Waals surface area (Å²) in [7, 11) is 0. The number of carboxylic acid groups (broad SMARTS) is 1. The van der Waals surface area contributed by atoms with Crippen molar-refractivity contribution in [1.29, 1.82) is 0 Å². The number of pyridine rings is 1. The Morgan fingerprint density at radius 2 is 2.33 bits per heavy atom. The molecule has 0 bridgehead atoms. The molecule has 1 fully saturated rings. The van der Waals surface area contributed by atoms with Crippen LogP contribution in [0.5, 0.6) is 0 Å². The van der Waals surface area contributed by atoms with Crippen LogP contribution in [0.3, 0.4) is 0 Å². The molecule has 7 heteroatoms. The molecule has 3 rings (SSSR count). The molecule has 0 radical (unpaired) electrons. The minimum absolute atomic E-state index is 0.308. The summed E-state index contributed by atoms with van der Waals surface area (Å²) in [5.41, 5.74) is 1.50. The van der Waals surface area contributed by atoms with Crippen molar-refractivity contribution in [1.82, 2.24) is 15.0 Å². The first-order chi connectivity index (χ1) is 10.1. The number of aromatic nitrogens is 2. The third-order valence-corrected chi connectivity index (χ3v) is 3.78. The van der Waals surface area contributed by atoms with Gasteiger partial charge in [0.1, 0.15) is 6.04 Å². The highest BCUT2D eigenvalue weighted by Gasteiger charge is 2.34. The molecule has 2 aromatic heterocycles. The van der Waals surface area contributed by atoms with Gasteiger partial charge in [0, 0.05) is 12.7 Å². The molecule has 3 heterocycles. The number of aryl methyl sites for hydroxylation is 1. The van der Waals surface area contributed by atoms with Gasteiger partial charge in [0.2, 0.25) is 0 Å². The Labute approximate surface area is 120 Å². The standard InChI is InChI=1S/C14H15N3O4/c1-2-10-9-6-8(7-15-12(9)21-16-10)13(18)17-5-3-4-11(17)14(19)20/h6-7,11H,2-5H2,1H3,(H,19,20). The number of nitrogens with zero attached hydrogens (tertiary/aromatic N) is 3. The number of carboxylic acids is 1. The van der Waals surface area contributed by atoms with Gasteiger partial charge in [-0.1, -0.05) is 12.1 Å². The molecule has 1 amide bonds. The van der Waals surface area contributed by atoms with E-state index in [2.05, 4.69) is 10.1 Å². The molecule has 0 aromatic carbocycles. The first kappa shape index (κ1) is 13.5. The smallest absolute Gasteiger partial charge is 0.326 e. The van der Waals surface area contributed by atoms with Gasteiger partial charge < -0.3 is 14.5 Å². The summed E-state index contributed by atoms with van der Waals surface area (Å²) in [4.78, 5) is 29.2. The van der Waals surface area contributed by atoms with Crippen LogP contribution in [0.25, 0.3) is 11.1 Å². The Bertz CT molecular complexity index is 709. The number of carbonyl (C=O) groups is 2. The fourth-order valence-corrected chi connectivity index (χ4v) is 2.68. The van der Waals surface area contributed by atoms with Gasteiger partial charge in [0.15, 0.2) is 0 Å². The molecular formula is C14H15N3O4. The van der Waals surface area contributed by atoms with Crippen molar-refractivity contribution in [3.63, 3.8) is 0 Å². The van der Waals surface area contributed by atoms with E-state index in [9.17, 15) is 9.59 Å². The van der Waals surface area contributed by atoms with Crippen molar-refractivity contribution in [3.8, 4) is 0 Å². The van der Waals surface area contributed by atoms with Crippen molar-refractivity contribution in [3.05, 3.63) is 23.5 Å². The molecule has 21 heavy (non-hydrogen) atoms. The van der Waals surface area contributed by atoms with E-state index in [1.165, 1.54) is 11.1 Å². The molecule has 1 N–H and O–H groups in total. The highest BCUT2D eigenvalue weighted by Crippen LogP contribution is 2.23. The molecule has 7 nitrogen and oxygen atoms in total. The van der Waals surface area contributed by atoms with Gasteiger partial charge in [-0.15, -0.1) is 0 Å². The molecule has 1 aliphatic rings. The second-order valence-corrected chi connectivity index (χ2v) is 5.05. The lowest BCUT2D eigenvalue weighted by Crippen LogP contribution is -2.40. The summed E-state index contributed by atoms with van der Waals surface area (Å²) >= 11 is 0. The lowest BCUT2D eigenvalue weighted by atomic mass is 10.1. The minimum Gasteiger partial charge on any atom is -0.480 e. The molecule has 2 aromatic rings. The summed E-state index contributed by atoms with van der Waals surface area (Å²) in [6.07, 6.45) is 3.27. The lowest BCUT2D eigenvalue weighted by molar-refractivity contribution is -0.141. The van der Waals surface area contributed by atoms with Crippen molar-refractivity contribution in [2.45, 2.75) is 32.2 Å². The second-order valence-electron chi connectivity index (χ2n) is 5.05. The number of likely N-dealkylation sites (tertiary alicyclic amines) is 1. The number of hydrogen-bond donors (Lipinski definition) is 1. The number of rotatable bonds is 3. The Morgan fingerprint density at radius 3 is 3.05 bits per heavy atom. The zero-order chi connectivity index (χ0) is 15.0. The monoisotopic (exact) mass is 289 g/mol. The van der Waals surface area contributed by atoms with E-state index in [-0.39, 0.29) is 5.91 Å². The summed E-state index contributed by atoms with van der Waals surface area (Å²) in [6.45, 7) is 2.39. The SMILES string of the molecule is CCc1noc2ncc(C(=O)N3CCCC3C(=O)O)cc12. The number of carbonyl (C=O) groups excluding carboxylic acids is 1. The average Bonchev–Trinajstić information content (AvgIpc) is 3.12. The zero-order valence-corrected chi connectivity index (χ0v) is 11.6. The molecule has 0 spiro atoms. The molecule has 110 valence electrons. The number of hydrogen-bond acceptors (Lipinski definition) is 5. The maximum absolute atomic E-state index is 12.5. The van der Waals surface area contributed by atoms with Crippen LogP contribution in [0, 0.1) is 0 Å². The fraction of sp³-hybridized carbons (Fsp3) is 0.429. The van der Waals surface area contributed by atoms with E-state index in [0.29, 0.717) is 42.5 Å². The average molecular weight is 289 g/mol. The lowest BCUT2D eigenvalue weighted by Gasteiger charge is -2.21. The third-order valence-electron chi connectivity index (χ3n) is 3.78. The quantitative estimate of drug-likeness (QED) is 0.919. The summed E-state index contributed by atoms with van der Waals surface area (Å²) in [5.74, 6) is -1.27. The van der Waals surface area contributed by atoms with Crippen LogP contribution < -0.4 is 0 Å². The maximum Gasteiger partial charge on any atom is 0.326 e. The van der Waals surface area contributed by atoms with E-state index >= 15 is 0 Å². The zero-order valence-electron chi connectivity index (χ0n) is 11.6. The minimum atomic E-state index is -0.964. The molecule has 1 atom stereocenters. The Hall–Kier alpha value is -2.44. The van der Waals surface area contributed by atoms with E-state index in [4.69, 9.17) is 9.63 Å². The van der Waals surface area contributed by atoms with Crippen LogP contribution in [-0.2, 0) is 11.2 Å². The topological polar surface area (TPSA) is 96.5 Å². The van der Waals surface area contributed by atoms with Crippen LogP contribution in [-0.4, -0.2) is 44.6 Å². The number of fused-ring (bicyclic) bond motifs is 1. The van der Waals surface area contributed by atoms with Gasteiger partial charge in [-0.2, -0.15) is 0 Å². The van der Waals surface area contributed by atoms with Crippen LogP contribution >= 0.6 is 0 Å². The molecule has 1 unspecified atom stereocenters. The molecular weight excluding hydrogens is 274 g/mol. The van der Waals surface area contributed by atoms with Crippen LogP contribution in [0.2, 0.25) is 0 Å². The maximum atomic E-state index is 12.5. The van der Waals surface area contributed by atoms with E-state index in [1.807, 2.05) is 6.92 Å². The summed E-state index contributed by atoms with van der Waals surface area (Å²) in [5, 5.41) is 13.8. The summed E-state index contributed by atoms with van der Waals surface area (Å²) in [6, 6.07) is 0.929. The third kappa shape index (κ3) is 2.24. The van der Waals surface area contributed by atoms with Crippen molar-refractivity contribution in [2.24, 2.45) is 0 Å². The Kier molecular flexibility index (Phi) is 3.32. The first-order valence-corrected chi connectivity index (χ1v) is 6.90. The van der Waals surface area contributed by atoms with E-state index < -0.39 is 12.0 Å². The molecule has 0 aliphatic carbocycles. The normalized spacial score (nSPS) is 18.3. The van der Waals surface area contributed by atoms with Gasteiger partial charge in [0.05, 0.1) is 16.6 Å². The molecule has 1 aliphatic heterocycles. The predicted octanol–water partition coefficient (Wildman–Crippen LogP) is 1.47. The predicted molar refractivity (Wildman–Crippen MR) is 72.9 cm³/mol. The molecule has 1 saturated heterocycles. The molecule has 0 saturated carbocycles. The highest BCUT2D eigenvalue weighted by atomic mass is 16.5. The van der Waals surface area contributed by atoms with Gasteiger partial charge in [-0.3, -0.25) is 4.79 Å².